The van der Waals surface area contributed by atoms with Crippen LogP contribution in [0.15, 0.2) is 0 Å². The monoisotopic (exact) mass is 205 g/mol. The Morgan fingerprint density at radius 1 is 1.46 bits per heavy atom. The summed E-state index contributed by atoms with van der Waals surface area (Å²) in [5.41, 5.74) is 5.29. The average molecular weight is 206 g/mol. The molecule has 0 radical (unpaired) electrons. The lowest BCUT2D eigenvalue weighted by molar-refractivity contribution is 0.197. The first-order valence-electron chi connectivity index (χ1n) is 4.73. The largest absolute Gasteiger partial charge is 0.388 e. The molecule has 1 aliphatic heterocycles. The molecule has 0 spiro atoms. The van der Waals surface area contributed by atoms with Crippen molar-refractivity contribution in [2.75, 3.05) is 19.6 Å². The normalized spacial score (nSPS) is 19.5. The molecular formula is C9H20ClN3. The second-order valence-electron chi connectivity index (χ2n) is 3.80. The van der Waals surface area contributed by atoms with E-state index in [-0.39, 0.29) is 12.4 Å². The smallest absolute Gasteiger partial charge is 0.0918 e. The molecule has 0 saturated carbocycles. The Labute approximate surface area is 86.6 Å². The maximum Gasteiger partial charge on any atom is 0.0918 e. The Hall–Kier alpha value is -0.280. The van der Waals surface area contributed by atoms with Crippen molar-refractivity contribution in [1.82, 2.24) is 4.90 Å². The number of halogens is 1. The maximum atomic E-state index is 7.10. The summed E-state index contributed by atoms with van der Waals surface area (Å²) in [5, 5.41) is 7.10. The lowest BCUT2D eigenvalue weighted by Gasteiger charge is -2.29. The number of hydrogen-bond acceptors (Lipinski definition) is 2. The number of nitrogens with two attached hydrogens (primary N) is 1. The van der Waals surface area contributed by atoms with Crippen LogP contribution in [0.1, 0.15) is 26.2 Å². The number of rotatable bonds is 3. The molecule has 0 atom stereocenters. The highest BCUT2D eigenvalue weighted by molar-refractivity contribution is 5.85. The van der Waals surface area contributed by atoms with Gasteiger partial charge in [-0.1, -0.05) is 6.92 Å². The van der Waals surface area contributed by atoms with Gasteiger partial charge in [-0.3, -0.25) is 5.41 Å². The van der Waals surface area contributed by atoms with E-state index in [2.05, 4.69) is 11.8 Å². The molecule has 1 heterocycles. The molecule has 1 saturated heterocycles. The Bertz CT molecular complexity index is 153. The number of piperidine rings is 1. The predicted molar refractivity (Wildman–Crippen MR) is 58.6 cm³/mol. The summed E-state index contributed by atoms with van der Waals surface area (Å²) < 4.78 is 0. The highest BCUT2D eigenvalue weighted by atomic mass is 35.5. The molecule has 3 N–H and O–H groups in total. The van der Waals surface area contributed by atoms with E-state index in [1.165, 1.54) is 25.9 Å². The van der Waals surface area contributed by atoms with Crippen LogP contribution < -0.4 is 5.73 Å². The van der Waals surface area contributed by atoms with Crippen molar-refractivity contribution in [3.63, 3.8) is 0 Å². The second-order valence-corrected chi connectivity index (χ2v) is 3.80. The van der Waals surface area contributed by atoms with Gasteiger partial charge >= 0.3 is 0 Å². The van der Waals surface area contributed by atoms with Crippen molar-refractivity contribution in [2.45, 2.75) is 26.2 Å². The van der Waals surface area contributed by atoms with Crippen LogP contribution in [0.4, 0.5) is 0 Å². The molecule has 4 heteroatoms. The summed E-state index contributed by atoms with van der Waals surface area (Å²) in [6.45, 7) is 5.66. The van der Waals surface area contributed by atoms with Gasteiger partial charge in [-0.15, -0.1) is 12.4 Å². The Balaban J connectivity index is 0.00000144. The van der Waals surface area contributed by atoms with Crippen LogP contribution in [0.25, 0.3) is 0 Å². The second kappa shape index (κ2) is 6.22. The zero-order chi connectivity index (χ0) is 8.97. The van der Waals surface area contributed by atoms with E-state index < -0.39 is 0 Å². The zero-order valence-electron chi connectivity index (χ0n) is 8.25. The molecule has 0 aromatic carbocycles. The summed E-state index contributed by atoms with van der Waals surface area (Å²) in [6, 6.07) is 0. The predicted octanol–water partition coefficient (Wildman–Crippen LogP) is 1.47. The van der Waals surface area contributed by atoms with Gasteiger partial charge in [0.1, 0.15) is 0 Å². The fraction of sp³-hybridized carbons (Fsp3) is 0.889. The lowest BCUT2D eigenvalue weighted by Crippen LogP contribution is -2.35. The first kappa shape index (κ1) is 12.7. The van der Waals surface area contributed by atoms with E-state index in [4.69, 9.17) is 11.1 Å². The summed E-state index contributed by atoms with van der Waals surface area (Å²) >= 11 is 0. The summed E-state index contributed by atoms with van der Waals surface area (Å²) in [4.78, 5) is 2.40. The fourth-order valence-corrected chi connectivity index (χ4v) is 1.56. The molecule has 0 unspecified atom stereocenters. The lowest BCUT2D eigenvalue weighted by atomic mass is 9.99. The summed E-state index contributed by atoms with van der Waals surface area (Å²) in [6.07, 6.45) is 3.34. The Morgan fingerprint density at radius 3 is 2.46 bits per heavy atom. The van der Waals surface area contributed by atoms with Crippen molar-refractivity contribution in [3.05, 3.63) is 0 Å². The minimum absolute atomic E-state index is 0. The zero-order valence-corrected chi connectivity index (χ0v) is 9.07. The van der Waals surface area contributed by atoms with E-state index in [1.807, 2.05) is 0 Å². The highest BCUT2D eigenvalue weighted by Crippen LogP contribution is 2.15. The number of nitrogens with zero attached hydrogens (tertiary/aromatic N) is 1. The van der Waals surface area contributed by atoms with Gasteiger partial charge in [0.2, 0.25) is 0 Å². The van der Waals surface area contributed by atoms with Gasteiger partial charge in [-0.2, -0.15) is 0 Å². The molecule has 1 fully saturated rings. The van der Waals surface area contributed by atoms with Gasteiger partial charge in [0.25, 0.3) is 0 Å². The quantitative estimate of drug-likeness (QED) is 0.542. The van der Waals surface area contributed by atoms with E-state index in [0.717, 1.165) is 18.9 Å². The fourth-order valence-electron chi connectivity index (χ4n) is 1.56. The third kappa shape index (κ3) is 5.11. The van der Waals surface area contributed by atoms with Crippen LogP contribution in [-0.2, 0) is 0 Å². The van der Waals surface area contributed by atoms with Crippen molar-refractivity contribution >= 4 is 18.2 Å². The van der Waals surface area contributed by atoms with Crippen molar-refractivity contribution in [3.8, 4) is 0 Å². The molecule has 0 aliphatic carbocycles. The first-order valence-corrected chi connectivity index (χ1v) is 4.73. The van der Waals surface area contributed by atoms with Gasteiger partial charge in [0, 0.05) is 13.0 Å². The van der Waals surface area contributed by atoms with E-state index in [9.17, 15) is 0 Å². The molecule has 0 bridgehead atoms. The standard InChI is InChI=1S/C9H19N3.ClH/c1-8-2-5-12(6-3-8)7-4-9(10)11;/h8H,2-7H2,1H3,(H3,10,11);1H. The van der Waals surface area contributed by atoms with Gasteiger partial charge in [-0.25, -0.2) is 0 Å². The Kier molecular flexibility index (Phi) is 6.08. The number of hydrogen-bond donors (Lipinski definition) is 2. The van der Waals surface area contributed by atoms with Gasteiger partial charge in [0.15, 0.2) is 0 Å². The van der Waals surface area contributed by atoms with E-state index in [0.29, 0.717) is 5.84 Å². The molecule has 0 aromatic heterocycles. The van der Waals surface area contributed by atoms with E-state index in [1.54, 1.807) is 0 Å². The first-order chi connectivity index (χ1) is 5.68. The number of amidine groups is 1. The van der Waals surface area contributed by atoms with Crippen LogP contribution in [0.3, 0.4) is 0 Å². The third-order valence-electron chi connectivity index (χ3n) is 2.57. The third-order valence-corrected chi connectivity index (χ3v) is 2.57. The molecule has 1 rings (SSSR count). The molecule has 0 amide bonds. The Morgan fingerprint density at radius 2 is 2.00 bits per heavy atom. The number of nitrogens with one attached hydrogen (secondary N) is 1. The van der Waals surface area contributed by atoms with Gasteiger partial charge in [0.05, 0.1) is 5.84 Å². The molecule has 3 nitrogen and oxygen atoms in total. The van der Waals surface area contributed by atoms with Crippen molar-refractivity contribution in [2.24, 2.45) is 11.7 Å². The number of likely N-dealkylation sites (tertiary alicyclic amines) is 1. The average Bonchev–Trinajstić information content (AvgIpc) is 2.03. The molecular weight excluding hydrogens is 186 g/mol. The maximum absolute atomic E-state index is 7.10. The minimum Gasteiger partial charge on any atom is -0.388 e. The van der Waals surface area contributed by atoms with Crippen molar-refractivity contribution < 1.29 is 0 Å². The molecule has 78 valence electrons. The highest BCUT2D eigenvalue weighted by Gasteiger charge is 2.14. The van der Waals surface area contributed by atoms with Crippen LogP contribution in [0.5, 0.6) is 0 Å². The van der Waals surface area contributed by atoms with Crippen LogP contribution >= 0.6 is 12.4 Å². The van der Waals surface area contributed by atoms with Gasteiger partial charge in [-0.05, 0) is 31.8 Å². The van der Waals surface area contributed by atoms with Crippen molar-refractivity contribution in [1.29, 1.82) is 5.41 Å². The van der Waals surface area contributed by atoms with Crippen LogP contribution in [0.2, 0.25) is 0 Å². The van der Waals surface area contributed by atoms with Crippen LogP contribution in [-0.4, -0.2) is 30.4 Å². The molecule has 13 heavy (non-hydrogen) atoms. The SMILES string of the molecule is CC1CCN(CCC(=N)N)CC1.Cl. The minimum atomic E-state index is 0. The van der Waals surface area contributed by atoms with E-state index >= 15 is 0 Å². The molecule has 0 aromatic rings. The molecule has 1 aliphatic rings. The van der Waals surface area contributed by atoms with Crippen LogP contribution in [0, 0.1) is 11.3 Å². The topological polar surface area (TPSA) is 53.1 Å². The summed E-state index contributed by atoms with van der Waals surface area (Å²) in [5.74, 6) is 1.20. The van der Waals surface area contributed by atoms with Gasteiger partial charge < -0.3 is 10.6 Å². The summed E-state index contributed by atoms with van der Waals surface area (Å²) in [7, 11) is 0.